The topological polar surface area (TPSA) is 57.7 Å². The number of nitrogens with zero attached hydrogens (tertiary/aromatic N) is 3. The molecule has 1 aromatic heterocycles. The lowest BCUT2D eigenvalue weighted by Crippen LogP contribution is -2.53. The molecule has 6 nitrogen and oxygen atoms in total. The number of nitrogens with one attached hydrogen (secondary N) is 1. The van der Waals surface area contributed by atoms with E-state index in [1.807, 2.05) is 31.3 Å². The van der Waals surface area contributed by atoms with Gasteiger partial charge < -0.3 is 19.9 Å². The van der Waals surface area contributed by atoms with Crippen molar-refractivity contribution < 1.29 is 9.53 Å². The molecule has 1 atom stereocenters. The van der Waals surface area contributed by atoms with Crippen LogP contribution in [-0.2, 0) is 6.54 Å². The van der Waals surface area contributed by atoms with Crippen LogP contribution < -0.4 is 10.1 Å². The number of likely N-dealkylation sites (tertiary alicyclic amines) is 1. The lowest BCUT2D eigenvalue weighted by molar-refractivity contribution is 0.167. The molecule has 0 unspecified atom stereocenters. The van der Waals surface area contributed by atoms with Crippen LogP contribution in [0.1, 0.15) is 39.2 Å². The van der Waals surface area contributed by atoms with Gasteiger partial charge in [-0.3, -0.25) is 4.98 Å². The summed E-state index contributed by atoms with van der Waals surface area (Å²) in [5.74, 6) is 0.745. The van der Waals surface area contributed by atoms with E-state index in [4.69, 9.17) is 4.74 Å². The normalized spacial score (nSPS) is 16.0. The van der Waals surface area contributed by atoms with Gasteiger partial charge in [-0.2, -0.15) is 0 Å². The van der Waals surface area contributed by atoms with Crippen LogP contribution >= 0.6 is 0 Å². The van der Waals surface area contributed by atoms with Crippen molar-refractivity contribution in [2.24, 2.45) is 5.41 Å². The Morgan fingerprint density at radius 2 is 2.00 bits per heavy atom. The summed E-state index contributed by atoms with van der Waals surface area (Å²) < 4.78 is 5.43. The Kier molecular flexibility index (Phi) is 6.63. The van der Waals surface area contributed by atoms with Gasteiger partial charge in [0.2, 0.25) is 0 Å². The van der Waals surface area contributed by atoms with Crippen LogP contribution in [-0.4, -0.2) is 60.6 Å². The van der Waals surface area contributed by atoms with E-state index in [1.54, 1.807) is 18.2 Å². The molecule has 0 spiro atoms. The maximum Gasteiger partial charge on any atom is 0.317 e. The average molecular weight is 399 g/mol. The number of hydrogen-bond donors (Lipinski definition) is 1. The average Bonchev–Trinajstić information content (AvgIpc) is 3.20. The quantitative estimate of drug-likeness (QED) is 0.802. The standard InChI is InChI=1S/C23H34N4O2/c1-23(2,3)20(16-27-13-6-7-14-27)25-22(28)26(4)15-17-10-11-19(29-5)21-18(17)9-8-12-24-21/h8-12,20H,6-7,13-16H2,1-5H3,(H,25,28)/t20-/m1/s1. The second kappa shape index (κ2) is 8.99. The first kappa shape index (κ1) is 21.4. The van der Waals surface area contributed by atoms with Crippen molar-refractivity contribution in [1.29, 1.82) is 0 Å². The van der Waals surface area contributed by atoms with Gasteiger partial charge in [-0.15, -0.1) is 0 Å². The van der Waals surface area contributed by atoms with Crippen molar-refractivity contribution in [3.8, 4) is 5.75 Å². The summed E-state index contributed by atoms with van der Waals surface area (Å²) in [6.07, 6.45) is 4.27. The summed E-state index contributed by atoms with van der Waals surface area (Å²) in [4.78, 5) is 21.7. The molecule has 1 aromatic carbocycles. The molecule has 1 fully saturated rings. The van der Waals surface area contributed by atoms with E-state index in [-0.39, 0.29) is 17.5 Å². The molecular weight excluding hydrogens is 364 g/mol. The van der Waals surface area contributed by atoms with Crippen molar-refractivity contribution in [3.05, 3.63) is 36.0 Å². The minimum absolute atomic E-state index is 0.00415. The third kappa shape index (κ3) is 5.18. The minimum atomic E-state index is -0.0445. The second-order valence-corrected chi connectivity index (χ2v) is 9.06. The highest BCUT2D eigenvalue weighted by Crippen LogP contribution is 2.27. The number of pyridine rings is 1. The molecular formula is C23H34N4O2. The molecule has 0 radical (unpaired) electrons. The molecule has 0 bridgehead atoms. The number of carbonyl (C=O) groups excluding carboxylic acids is 1. The first-order valence-electron chi connectivity index (χ1n) is 10.4. The number of fused-ring (bicyclic) bond motifs is 1. The Bertz CT molecular complexity index is 840. The maximum absolute atomic E-state index is 13.0. The van der Waals surface area contributed by atoms with Crippen LogP contribution in [0, 0.1) is 5.41 Å². The Hall–Kier alpha value is -2.34. The van der Waals surface area contributed by atoms with E-state index in [2.05, 4.69) is 36.0 Å². The van der Waals surface area contributed by atoms with Crippen LogP contribution in [0.2, 0.25) is 0 Å². The van der Waals surface area contributed by atoms with Crippen molar-refractivity contribution in [2.45, 2.75) is 46.2 Å². The lowest BCUT2D eigenvalue weighted by Gasteiger charge is -2.35. The maximum atomic E-state index is 13.0. The zero-order chi connectivity index (χ0) is 21.0. The van der Waals surface area contributed by atoms with Gasteiger partial charge in [-0.1, -0.05) is 32.9 Å². The summed E-state index contributed by atoms with van der Waals surface area (Å²) in [6, 6.07) is 7.93. The zero-order valence-electron chi connectivity index (χ0n) is 18.4. The third-order valence-corrected chi connectivity index (χ3v) is 5.78. The highest BCUT2D eigenvalue weighted by Gasteiger charge is 2.30. The molecule has 1 aliphatic rings. The largest absolute Gasteiger partial charge is 0.494 e. The van der Waals surface area contributed by atoms with E-state index in [0.29, 0.717) is 6.54 Å². The molecule has 2 aromatic rings. The van der Waals surface area contributed by atoms with Gasteiger partial charge in [0.15, 0.2) is 0 Å². The number of carbonyl (C=O) groups is 1. The number of amides is 2. The first-order chi connectivity index (χ1) is 13.8. The van der Waals surface area contributed by atoms with Gasteiger partial charge in [-0.25, -0.2) is 4.79 Å². The fourth-order valence-corrected chi connectivity index (χ4v) is 3.85. The van der Waals surface area contributed by atoms with Crippen LogP contribution in [0.5, 0.6) is 5.75 Å². The minimum Gasteiger partial charge on any atom is -0.494 e. The van der Waals surface area contributed by atoms with E-state index < -0.39 is 0 Å². The predicted octanol–water partition coefficient (Wildman–Crippen LogP) is 3.90. The highest BCUT2D eigenvalue weighted by molar-refractivity contribution is 5.87. The van der Waals surface area contributed by atoms with Crippen molar-refractivity contribution >= 4 is 16.9 Å². The highest BCUT2D eigenvalue weighted by atomic mass is 16.5. The third-order valence-electron chi connectivity index (χ3n) is 5.78. The number of aromatic nitrogens is 1. The molecule has 0 aliphatic carbocycles. The van der Waals surface area contributed by atoms with Gasteiger partial charge >= 0.3 is 6.03 Å². The van der Waals surface area contributed by atoms with E-state index in [1.165, 1.54) is 12.8 Å². The number of ether oxygens (including phenoxy) is 1. The SMILES string of the molecule is COc1ccc(CN(C)C(=O)N[C@H](CN2CCCC2)C(C)(C)C)c2cccnc12. The van der Waals surface area contributed by atoms with E-state index >= 15 is 0 Å². The Balaban J connectivity index is 1.72. The summed E-state index contributed by atoms with van der Waals surface area (Å²) in [7, 11) is 3.49. The van der Waals surface area contributed by atoms with Gasteiger partial charge in [0.25, 0.3) is 0 Å². The van der Waals surface area contributed by atoms with Gasteiger partial charge in [-0.05, 0) is 49.0 Å². The summed E-state index contributed by atoms with van der Waals surface area (Å²) >= 11 is 0. The molecule has 0 saturated carbocycles. The molecule has 1 aliphatic heterocycles. The molecule has 2 amide bonds. The molecule has 29 heavy (non-hydrogen) atoms. The molecule has 1 N–H and O–H groups in total. The summed E-state index contributed by atoms with van der Waals surface area (Å²) in [5.41, 5.74) is 1.87. The molecule has 3 rings (SSSR count). The van der Waals surface area contributed by atoms with E-state index in [9.17, 15) is 4.79 Å². The number of rotatable bonds is 6. The second-order valence-electron chi connectivity index (χ2n) is 9.06. The van der Waals surface area contributed by atoms with Crippen LogP contribution in [0.15, 0.2) is 30.5 Å². The number of urea groups is 1. The Labute approximate surface area is 174 Å². The fraction of sp³-hybridized carbons (Fsp3) is 0.565. The van der Waals surface area contributed by atoms with Gasteiger partial charge in [0.1, 0.15) is 11.3 Å². The predicted molar refractivity (Wildman–Crippen MR) is 117 cm³/mol. The van der Waals surface area contributed by atoms with Gasteiger partial charge in [0.05, 0.1) is 7.11 Å². The van der Waals surface area contributed by atoms with Crippen LogP contribution in [0.4, 0.5) is 4.79 Å². The molecule has 158 valence electrons. The molecule has 2 heterocycles. The Morgan fingerprint density at radius 3 is 2.66 bits per heavy atom. The lowest BCUT2D eigenvalue weighted by atomic mass is 9.86. The van der Waals surface area contributed by atoms with Crippen LogP contribution in [0.25, 0.3) is 10.9 Å². The fourth-order valence-electron chi connectivity index (χ4n) is 3.85. The summed E-state index contributed by atoms with van der Waals surface area (Å²) in [5, 5.41) is 4.29. The van der Waals surface area contributed by atoms with Crippen molar-refractivity contribution in [2.75, 3.05) is 33.8 Å². The monoisotopic (exact) mass is 398 g/mol. The number of benzene rings is 1. The van der Waals surface area contributed by atoms with Crippen LogP contribution in [0.3, 0.4) is 0 Å². The van der Waals surface area contributed by atoms with Crippen molar-refractivity contribution in [1.82, 2.24) is 20.1 Å². The smallest absolute Gasteiger partial charge is 0.317 e. The number of hydrogen-bond acceptors (Lipinski definition) is 4. The van der Waals surface area contributed by atoms with Crippen molar-refractivity contribution in [3.63, 3.8) is 0 Å². The van der Waals surface area contributed by atoms with E-state index in [0.717, 1.165) is 41.9 Å². The number of methoxy groups -OCH3 is 1. The molecule has 6 heteroatoms. The van der Waals surface area contributed by atoms with Gasteiger partial charge in [0, 0.05) is 37.8 Å². The first-order valence-corrected chi connectivity index (χ1v) is 10.4. The molecule has 1 saturated heterocycles. The Morgan fingerprint density at radius 1 is 1.28 bits per heavy atom. The summed E-state index contributed by atoms with van der Waals surface area (Å²) in [6.45, 7) is 10.2. The zero-order valence-corrected chi connectivity index (χ0v) is 18.4.